The molecule has 0 aliphatic heterocycles. The van der Waals surface area contributed by atoms with Gasteiger partial charge in [0.25, 0.3) is 0 Å². The molecule has 0 aliphatic rings. The predicted octanol–water partition coefficient (Wildman–Crippen LogP) is 3.88. The van der Waals surface area contributed by atoms with Crippen molar-refractivity contribution in [3.05, 3.63) is 77.3 Å². The van der Waals surface area contributed by atoms with Gasteiger partial charge in [0.05, 0.1) is 17.4 Å². The van der Waals surface area contributed by atoms with Crippen LogP contribution in [0.2, 0.25) is 5.02 Å². The van der Waals surface area contributed by atoms with Crippen molar-refractivity contribution in [2.45, 2.75) is 6.42 Å². The zero-order valence-corrected chi connectivity index (χ0v) is 13.1. The average molecular weight is 344 g/mol. The molecule has 1 aromatic carbocycles. The van der Waals surface area contributed by atoms with Crippen molar-refractivity contribution in [3.63, 3.8) is 0 Å². The Morgan fingerprint density at radius 3 is 2.54 bits per heavy atom. The number of ether oxygens (including phenoxy) is 1. The third kappa shape index (κ3) is 4.11. The summed E-state index contributed by atoms with van der Waals surface area (Å²) in [5.41, 5.74) is 0.845. The van der Waals surface area contributed by atoms with Crippen LogP contribution in [-0.2, 0) is 6.42 Å². The molecule has 7 heteroatoms. The standard InChI is InChI=1S/C17H11ClFN3O2/c18-13-1-11(6-20-7-13)2-17(23)12-3-14(19)5-15(4-12)24-16-8-21-10-22-9-16/h1,3-10H,2H2. The van der Waals surface area contributed by atoms with Crippen molar-refractivity contribution < 1.29 is 13.9 Å². The quantitative estimate of drug-likeness (QED) is 0.658. The van der Waals surface area contributed by atoms with Crippen LogP contribution < -0.4 is 4.74 Å². The molecular weight excluding hydrogens is 333 g/mol. The van der Waals surface area contributed by atoms with Crippen LogP contribution in [0, 0.1) is 5.82 Å². The highest BCUT2D eigenvalue weighted by Crippen LogP contribution is 2.23. The van der Waals surface area contributed by atoms with E-state index < -0.39 is 5.82 Å². The molecular formula is C17H11ClFN3O2. The largest absolute Gasteiger partial charge is 0.454 e. The van der Waals surface area contributed by atoms with Crippen LogP contribution >= 0.6 is 11.6 Å². The number of rotatable bonds is 5. The molecule has 0 unspecified atom stereocenters. The van der Waals surface area contributed by atoms with Gasteiger partial charge in [-0.2, -0.15) is 0 Å². The second-order valence-corrected chi connectivity index (χ2v) is 5.40. The molecule has 0 spiro atoms. The number of aromatic nitrogens is 3. The van der Waals surface area contributed by atoms with Gasteiger partial charge in [-0.15, -0.1) is 0 Å². The first-order chi connectivity index (χ1) is 11.6. The van der Waals surface area contributed by atoms with Crippen LogP contribution in [0.3, 0.4) is 0 Å². The van der Waals surface area contributed by atoms with Gasteiger partial charge in [0, 0.05) is 30.4 Å². The normalized spacial score (nSPS) is 10.4. The van der Waals surface area contributed by atoms with Crippen molar-refractivity contribution in [1.29, 1.82) is 0 Å². The van der Waals surface area contributed by atoms with Crippen molar-refractivity contribution in [2.24, 2.45) is 0 Å². The molecule has 0 saturated carbocycles. The van der Waals surface area contributed by atoms with Crippen molar-refractivity contribution in [3.8, 4) is 11.5 Å². The van der Waals surface area contributed by atoms with Gasteiger partial charge >= 0.3 is 0 Å². The Balaban J connectivity index is 1.81. The number of carbonyl (C=O) groups is 1. The number of nitrogens with zero attached hydrogens (tertiary/aromatic N) is 3. The fraction of sp³-hybridized carbons (Fsp3) is 0.0588. The molecule has 5 nitrogen and oxygen atoms in total. The summed E-state index contributed by atoms with van der Waals surface area (Å²) in [6.07, 6.45) is 7.32. The van der Waals surface area contributed by atoms with Crippen LogP contribution in [-0.4, -0.2) is 20.7 Å². The molecule has 0 atom stereocenters. The third-order valence-corrected chi connectivity index (χ3v) is 3.30. The van der Waals surface area contributed by atoms with E-state index in [-0.39, 0.29) is 23.5 Å². The predicted molar refractivity (Wildman–Crippen MR) is 85.8 cm³/mol. The maximum atomic E-state index is 13.8. The minimum Gasteiger partial charge on any atom is -0.454 e. The average Bonchev–Trinajstić information content (AvgIpc) is 2.55. The van der Waals surface area contributed by atoms with E-state index in [2.05, 4.69) is 15.0 Å². The second kappa shape index (κ2) is 7.14. The Labute approximate surface area is 142 Å². The maximum absolute atomic E-state index is 13.8. The summed E-state index contributed by atoms with van der Waals surface area (Å²) in [6, 6.07) is 5.46. The number of halogens is 2. The Morgan fingerprint density at radius 2 is 1.79 bits per heavy atom. The van der Waals surface area contributed by atoms with Gasteiger partial charge in [-0.25, -0.2) is 14.4 Å². The van der Waals surface area contributed by atoms with E-state index in [0.29, 0.717) is 16.3 Å². The second-order valence-electron chi connectivity index (χ2n) is 4.96. The lowest BCUT2D eigenvalue weighted by Crippen LogP contribution is -2.05. The van der Waals surface area contributed by atoms with Gasteiger partial charge in [-0.05, 0) is 23.8 Å². The SMILES string of the molecule is O=C(Cc1cncc(Cl)c1)c1cc(F)cc(Oc2cncnc2)c1. The maximum Gasteiger partial charge on any atom is 0.167 e. The topological polar surface area (TPSA) is 65.0 Å². The Hall–Kier alpha value is -2.86. The third-order valence-electron chi connectivity index (χ3n) is 3.09. The number of hydrogen-bond acceptors (Lipinski definition) is 5. The summed E-state index contributed by atoms with van der Waals surface area (Å²) in [5, 5.41) is 0.438. The number of hydrogen-bond donors (Lipinski definition) is 0. The Morgan fingerprint density at radius 1 is 1.00 bits per heavy atom. The molecule has 0 amide bonds. The van der Waals surface area contributed by atoms with E-state index in [4.69, 9.17) is 16.3 Å². The molecule has 2 heterocycles. The van der Waals surface area contributed by atoms with E-state index >= 15 is 0 Å². The minimum atomic E-state index is -0.572. The van der Waals surface area contributed by atoms with Gasteiger partial charge < -0.3 is 4.74 Å². The Kier molecular flexibility index (Phi) is 4.77. The van der Waals surface area contributed by atoms with Crippen LogP contribution in [0.1, 0.15) is 15.9 Å². The van der Waals surface area contributed by atoms with Crippen molar-refractivity contribution >= 4 is 17.4 Å². The van der Waals surface area contributed by atoms with E-state index in [1.165, 1.54) is 37.1 Å². The van der Waals surface area contributed by atoms with Crippen LogP contribution in [0.25, 0.3) is 0 Å². The molecule has 120 valence electrons. The molecule has 24 heavy (non-hydrogen) atoms. The lowest BCUT2D eigenvalue weighted by Gasteiger charge is -2.07. The molecule has 3 aromatic rings. The number of pyridine rings is 1. The van der Waals surface area contributed by atoms with E-state index in [0.717, 1.165) is 6.07 Å². The number of Topliss-reactive ketones (excluding diaryl/α,β-unsaturated/α-hetero) is 1. The highest BCUT2D eigenvalue weighted by Gasteiger charge is 2.12. The molecule has 0 radical (unpaired) electrons. The zero-order chi connectivity index (χ0) is 16.9. The summed E-state index contributed by atoms with van der Waals surface area (Å²) in [6.45, 7) is 0. The smallest absolute Gasteiger partial charge is 0.167 e. The molecule has 0 saturated heterocycles. The van der Waals surface area contributed by atoms with Crippen LogP contribution in [0.15, 0.2) is 55.4 Å². The monoisotopic (exact) mass is 343 g/mol. The lowest BCUT2D eigenvalue weighted by atomic mass is 10.0. The minimum absolute atomic E-state index is 0.0604. The first kappa shape index (κ1) is 16.0. The summed E-state index contributed by atoms with van der Waals surface area (Å²) >= 11 is 5.85. The fourth-order valence-electron chi connectivity index (χ4n) is 2.10. The van der Waals surface area contributed by atoms with Crippen molar-refractivity contribution in [1.82, 2.24) is 15.0 Å². The summed E-state index contributed by atoms with van der Waals surface area (Å²) < 4.78 is 19.3. The summed E-state index contributed by atoms with van der Waals surface area (Å²) in [7, 11) is 0. The summed E-state index contributed by atoms with van der Waals surface area (Å²) in [4.78, 5) is 23.9. The molecule has 0 aliphatic carbocycles. The highest BCUT2D eigenvalue weighted by atomic mass is 35.5. The van der Waals surface area contributed by atoms with Gasteiger partial charge in [-0.1, -0.05) is 11.6 Å². The number of ketones is 1. The van der Waals surface area contributed by atoms with Gasteiger partial charge in [0.2, 0.25) is 0 Å². The van der Waals surface area contributed by atoms with Crippen LogP contribution in [0.4, 0.5) is 4.39 Å². The van der Waals surface area contributed by atoms with Crippen LogP contribution in [0.5, 0.6) is 11.5 Å². The molecule has 0 bridgehead atoms. The zero-order valence-electron chi connectivity index (χ0n) is 12.3. The lowest BCUT2D eigenvalue weighted by molar-refractivity contribution is 0.0992. The first-order valence-corrected chi connectivity index (χ1v) is 7.34. The van der Waals surface area contributed by atoms with E-state index in [9.17, 15) is 9.18 Å². The van der Waals surface area contributed by atoms with Gasteiger partial charge in [-0.3, -0.25) is 9.78 Å². The molecule has 3 rings (SSSR count). The summed E-state index contributed by atoms with van der Waals surface area (Å²) in [5.74, 6) is -0.303. The van der Waals surface area contributed by atoms with Gasteiger partial charge in [0.1, 0.15) is 17.9 Å². The molecule has 2 aromatic heterocycles. The molecule has 0 fully saturated rings. The first-order valence-electron chi connectivity index (χ1n) is 6.96. The highest BCUT2D eigenvalue weighted by molar-refractivity contribution is 6.30. The number of benzene rings is 1. The number of carbonyl (C=O) groups excluding carboxylic acids is 1. The Bertz CT molecular complexity index is 875. The van der Waals surface area contributed by atoms with E-state index in [1.807, 2.05) is 0 Å². The fourth-order valence-corrected chi connectivity index (χ4v) is 2.29. The van der Waals surface area contributed by atoms with Gasteiger partial charge in [0.15, 0.2) is 11.5 Å². The van der Waals surface area contributed by atoms with Crippen molar-refractivity contribution in [2.75, 3.05) is 0 Å². The molecule has 0 N–H and O–H groups in total. The van der Waals surface area contributed by atoms with E-state index in [1.54, 1.807) is 12.3 Å².